The Balaban J connectivity index is 1.10. The first-order chi connectivity index (χ1) is 20.6. The van der Waals surface area contributed by atoms with E-state index >= 15 is 0 Å². The Kier molecular flexibility index (Phi) is 7.66. The number of carbonyl (C=O) groups excluding carboxylic acids is 2. The molecule has 0 N–H and O–H groups in total. The lowest BCUT2D eigenvalue weighted by molar-refractivity contribution is 0.103. The van der Waals surface area contributed by atoms with Crippen molar-refractivity contribution in [2.45, 2.75) is 0 Å². The maximum Gasteiger partial charge on any atom is 0.193 e. The van der Waals surface area contributed by atoms with Crippen LogP contribution in [0.4, 0.5) is 0 Å². The van der Waals surface area contributed by atoms with Crippen LogP contribution in [0.5, 0.6) is 0 Å². The average Bonchev–Trinajstić information content (AvgIpc) is 3.08. The molecular formula is C40H26O2. The van der Waals surface area contributed by atoms with Crippen LogP contribution < -0.4 is 0 Å². The molecule has 0 aliphatic heterocycles. The highest BCUT2D eigenvalue weighted by atomic mass is 16.1. The van der Waals surface area contributed by atoms with E-state index in [4.69, 9.17) is 0 Å². The molecule has 0 radical (unpaired) electrons. The standard InChI is InChI=1S/C40H26O2/c41-39(35-7-3-1-4-8-35)37-25-21-33(22-26-37)31-17-13-29(14-18-31)11-12-30-15-19-32(20-16-30)34-23-27-38(28-24-34)40(42)36-9-5-2-6-10-36/h1-10,13-28H. The first-order valence-corrected chi connectivity index (χ1v) is 13.8. The Hall–Kier alpha value is -5.78. The van der Waals surface area contributed by atoms with Crippen molar-refractivity contribution >= 4 is 11.6 Å². The van der Waals surface area contributed by atoms with Crippen LogP contribution in [0.3, 0.4) is 0 Å². The Labute approximate surface area is 245 Å². The van der Waals surface area contributed by atoms with Crippen LogP contribution in [0.2, 0.25) is 0 Å². The van der Waals surface area contributed by atoms with Gasteiger partial charge in [-0.3, -0.25) is 9.59 Å². The Morgan fingerprint density at radius 3 is 0.881 bits per heavy atom. The zero-order chi connectivity index (χ0) is 28.7. The summed E-state index contributed by atoms with van der Waals surface area (Å²) in [6, 6.07) is 50.3. The predicted octanol–water partition coefficient (Wildman–Crippen LogP) is 8.88. The zero-order valence-corrected chi connectivity index (χ0v) is 22.8. The van der Waals surface area contributed by atoms with E-state index in [0.29, 0.717) is 22.3 Å². The van der Waals surface area contributed by atoms with Crippen LogP contribution in [0, 0.1) is 11.8 Å². The van der Waals surface area contributed by atoms with Gasteiger partial charge in [-0.15, -0.1) is 0 Å². The van der Waals surface area contributed by atoms with Crippen molar-refractivity contribution in [2.24, 2.45) is 0 Å². The van der Waals surface area contributed by atoms with Crippen molar-refractivity contribution in [3.05, 3.63) is 191 Å². The molecule has 6 rings (SSSR count). The fourth-order valence-electron chi connectivity index (χ4n) is 4.78. The van der Waals surface area contributed by atoms with E-state index in [2.05, 4.69) is 11.8 Å². The quantitative estimate of drug-likeness (QED) is 0.157. The van der Waals surface area contributed by atoms with Gasteiger partial charge in [-0.1, -0.05) is 145 Å². The molecule has 0 amide bonds. The van der Waals surface area contributed by atoms with Gasteiger partial charge in [0.15, 0.2) is 11.6 Å². The minimum Gasteiger partial charge on any atom is -0.289 e. The first-order valence-electron chi connectivity index (χ1n) is 13.8. The molecule has 6 aromatic carbocycles. The van der Waals surface area contributed by atoms with Gasteiger partial charge >= 0.3 is 0 Å². The van der Waals surface area contributed by atoms with Gasteiger partial charge in [-0.05, 0) is 46.5 Å². The molecule has 0 aliphatic carbocycles. The second-order valence-corrected chi connectivity index (χ2v) is 9.95. The second kappa shape index (κ2) is 12.2. The molecule has 0 aromatic heterocycles. The van der Waals surface area contributed by atoms with E-state index in [0.717, 1.165) is 33.4 Å². The van der Waals surface area contributed by atoms with Crippen LogP contribution in [0.25, 0.3) is 22.3 Å². The van der Waals surface area contributed by atoms with Crippen molar-refractivity contribution in [2.75, 3.05) is 0 Å². The molecule has 0 saturated heterocycles. The maximum absolute atomic E-state index is 12.7. The van der Waals surface area contributed by atoms with E-state index in [1.54, 1.807) is 0 Å². The van der Waals surface area contributed by atoms with Crippen LogP contribution >= 0.6 is 0 Å². The molecule has 2 heteroatoms. The lowest BCUT2D eigenvalue weighted by Gasteiger charge is -2.05. The minimum atomic E-state index is 0.0223. The summed E-state index contributed by atoms with van der Waals surface area (Å²) in [7, 11) is 0. The average molecular weight is 539 g/mol. The summed E-state index contributed by atoms with van der Waals surface area (Å²) in [5.41, 5.74) is 8.82. The summed E-state index contributed by atoms with van der Waals surface area (Å²) in [5.74, 6) is 6.53. The zero-order valence-electron chi connectivity index (χ0n) is 22.8. The van der Waals surface area contributed by atoms with Crippen molar-refractivity contribution in [1.82, 2.24) is 0 Å². The van der Waals surface area contributed by atoms with Gasteiger partial charge in [0.1, 0.15) is 0 Å². The molecule has 0 atom stereocenters. The van der Waals surface area contributed by atoms with Crippen molar-refractivity contribution in [3.8, 4) is 34.1 Å². The summed E-state index contributed by atoms with van der Waals surface area (Å²) in [4.78, 5) is 25.3. The van der Waals surface area contributed by atoms with Gasteiger partial charge in [0.05, 0.1) is 0 Å². The van der Waals surface area contributed by atoms with Crippen LogP contribution in [0.1, 0.15) is 43.0 Å². The largest absolute Gasteiger partial charge is 0.289 e. The van der Waals surface area contributed by atoms with Gasteiger partial charge in [-0.2, -0.15) is 0 Å². The van der Waals surface area contributed by atoms with E-state index < -0.39 is 0 Å². The van der Waals surface area contributed by atoms with Gasteiger partial charge in [0, 0.05) is 33.4 Å². The molecule has 6 aromatic rings. The number of rotatable bonds is 6. The highest BCUT2D eigenvalue weighted by Gasteiger charge is 2.10. The maximum atomic E-state index is 12.7. The molecule has 2 nitrogen and oxygen atoms in total. The van der Waals surface area contributed by atoms with Crippen molar-refractivity contribution in [3.63, 3.8) is 0 Å². The Morgan fingerprint density at radius 2 is 0.571 bits per heavy atom. The van der Waals surface area contributed by atoms with Gasteiger partial charge in [0.25, 0.3) is 0 Å². The molecule has 0 heterocycles. The molecule has 198 valence electrons. The lowest BCUT2D eigenvalue weighted by atomic mass is 9.98. The van der Waals surface area contributed by atoms with E-state index in [1.807, 2.05) is 158 Å². The SMILES string of the molecule is O=C(c1ccccc1)c1ccc(-c2ccc(C#Cc3ccc(-c4ccc(C(=O)c5ccccc5)cc4)cc3)cc2)cc1. The monoisotopic (exact) mass is 538 g/mol. The lowest BCUT2D eigenvalue weighted by Crippen LogP contribution is -2.00. The van der Waals surface area contributed by atoms with Crippen molar-refractivity contribution < 1.29 is 9.59 Å². The number of benzene rings is 6. The fraction of sp³-hybridized carbons (Fsp3) is 0. The van der Waals surface area contributed by atoms with Crippen molar-refractivity contribution in [1.29, 1.82) is 0 Å². The minimum absolute atomic E-state index is 0.0223. The summed E-state index contributed by atoms with van der Waals surface area (Å²) < 4.78 is 0. The van der Waals surface area contributed by atoms with Crippen LogP contribution in [-0.2, 0) is 0 Å². The Bertz CT molecular complexity index is 1750. The number of carbonyl (C=O) groups is 2. The molecule has 42 heavy (non-hydrogen) atoms. The third kappa shape index (κ3) is 6.02. The Morgan fingerprint density at radius 1 is 0.310 bits per heavy atom. The third-order valence-corrected chi connectivity index (χ3v) is 7.15. The molecule has 0 saturated carbocycles. The number of ketones is 2. The first kappa shape index (κ1) is 26.4. The predicted molar refractivity (Wildman–Crippen MR) is 169 cm³/mol. The van der Waals surface area contributed by atoms with E-state index in [9.17, 15) is 9.59 Å². The molecule has 0 bridgehead atoms. The molecule has 0 aliphatic rings. The number of hydrogen-bond acceptors (Lipinski definition) is 2. The molecular weight excluding hydrogens is 512 g/mol. The fourth-order valence-corrected chi connectivity index (χ4v) is 4.78. The van der Waals surface area contributed by atoms with E-state index in [1.165, 1.54) is 0 Å². The highest BCUT2D eigenvalue weighted by molar-refractivity contribution is 6.09. The summed E-state index contributed by atoms with van der Waals surface area (Å²) >= 11 is 0. The second-order valence-electron chi connectivity index (χ2n) is 9.95. The smallest absolute Gasteiger partial charge is 0.193 e. The van der Waals surface area contributed by atoms with Gasteiger partial charge in [-0.25, -0.2) is 0 Å². The van der Waals surface area contributed by atoms with Crippen LogP contribution in [0.15, 0.2) is 158 Å². The van der Waals surface area contributed by atoms with Gasteiger partial charge < -0.3 is 0 Å². The van der Waals surface area contributed by atoms with E-state index in [-0.39, 0.29) is 11.6 Å². The molecule has 0 spiro atoms. The summed E-state index contributed by atoms with van der Waals surface area (Å²) in [5, 5.41) is 0. The van der Waals surface area contributed by atoms with Crippen LogP contribution in [-0.4, -0.2) is 11.6 Å². The summed E-state index contributed by atoms with van der Waals surface area (Å²) in [6.45, 7) is 0. The topological polar surface area (TPSA) is 34.1 Å². The molecule has 0 fully saturated rings. The summed E-state index contributed by atoms with van der Waals surface area (Å²) in [6.07, 6.45) is 0. The third-order valence-electron chi connectivity index (χ3n) is 7.15. The normalized spacial score (nSPS) is 10.4. The molecule has 0 unspecified atom stereocenters. The number of hydrogen-bond donors (Lipinski definition) is 0. The van der Waals surface area contributed by atoms with Gasteiger partial charge in [0.2, 0.25) is 0 Å². The highest BCUT2D eigenvalue weighted by Crippen LogP contribution is 2.23.